The highest BCUT2D eigenvalue weighted by molar-refractivity contribution is 5.79. The topological polar surface area (TPSA) is 58.6 Å². The molecule has 0 bridgehead atoms. The number of esters is 1. The summed E-state index contributed by atoms with van der Waals surface area (Å²) in [5, 5.41) is 12.7. The van der Waals surface area contributed by atoms with E-state index in [9.17, 15) is 18.7 Å². The molecule has 100 valence electrons. The zero-order valence-corrected chi connectivity index (χ0v) is 10.1. The smallest absolute Gasteiger partial charge is 0.377 e. The van der Waals surface area contributed by atoms with Crippen molar-refractivity contribution in [1.82, 2.24) is 5.32 Å². The zero-order valence-electron chi connectivity index (χ0n) is 10.1. The van der Waals surface area contributed by atoms with Crippen LogP contribution in [0.2, 0.25) is 0 Å². The number of hydrogen-bond acceptors (Lipinski definition) is 4. The average molecular weight is 251 g/mol. The minimum atomic E-state index is -3.36. The number of hydrogen-bond donors (Lipinski definition) is 2. The standard InChI is InChI=1S/C11H19F2NO3/c1-3-4-10(2,16)7-14-6-8-5-11(12,13)9(15)17-8/h8,14,16H,3-7H2,1-2H3. The van der Waals surface area contributed by atoms with Crippen LogP contribution in [-0.2, 0) is 9.53 Å². The number of carbonyl (C=O) groups excluding carboxylic acids is 1. The van der Waals surface area contributed by atoms with E-state index in [1.807, 2.05) is 6.92 Å². The Labute approximate surface area is 99.3 Å². The highest BCUT2D eigenvalue weighted by atomic mass is 19.3. The summed E-state index contributed by atoms with van der Waals surface area (Å²) in [6.07, 6.45) is 0.0653. The Morgan fingerprint density at radius 2 is 2.29 bits per heavy atom. The average Bonchev–Trinajstić information content (AvgIpc) is 2.39. The number of alkyl halides is 2. The summed E-state index contributed by atoms with van der Waals surface area (Å²) >= 11 is 0. The van der Waals surface area contributed by atoms with Gasteiger partial charge in [-0.15, -0.1) is 0 Å². The molecule has 1 fully saturated rings. The van der Waals surface area contributed by atoms with Gasteiger partial charge in [-0.05, 0) is 13.3 Å². The Balaban J connectivity index is 2.27. The van der Waals surface area contributed by atoms with E-state index < -0.39 is 30.0 Å². The SMILES string of the molecule is CCCC(C)(O)CNCC1CC(F)(F)C(=O)O1. The lowest BCUT2D eigenvalue weighted by Gasteiger charge is -2.23. The van der Waals surface area contributed by atoms with Crippen molar-refractivity contribution in [3.63, 3.8) is 0 Å². The molecule has 1 rings (SSSR count). The molecule has 1 saturated heterocycles. The lowest BCUT2D eigenvalue weighted by molar-refractivity contribution is -0.159. The van der Waals surface area contributed by atoms with Gasteiger partial charge in [-0.25, -0.2) is 4.79 Å². The molecule has 0 aromatic heterocycles. The van der Waals surface area contributed by atoms with Crippen LogP contribution < -0.4 is 5.32 Å². The minimum Gasteiger partial charge on any atom is -0.456 e. The van der Waals surface area contributed by atoms with Gasteiger partial charge in [0.05, 0.1) is 12.0 Å². The third-order valence-corrected chi connectivity index (χ3v) is 2.72. The fourth-order valence-electron chi connectivity index (χ4n) is 1.89. The molecule has 2 N–H and O–H groups in total. The molecule has 1 aliphatic rings. The molecule has 0 amide bonds. The first-order valence-electron chi connectivity index (χ1n) is 5.79. The number of aliphatic hydroxyl groups is 1. The maximum atomic E-state index is 12.8. The zero-order chi connectivity index (χ0) is 13.1. The fourth-order valence-corrected chi connectivity index (χ4v) is 1.89. The van der Waals surface area contributed by atoms with Crippen molar-refractivity contribution >= 4 is 5.97 Å². The number of nitrogens with one attached hydrogen (secondary N) is 1. The van der Waals surface area contributed by atoms with E-state index in [1.54, 1.807) is 6.92 Å². The molecule has 17 heavy (non-hydrogen) atoms. The van der Waals surface area contributed by atoms with Crippen molar-refractivity contribution in [3.8, 4) is 0 Å². The summed E-state index contributed by atoms with van der Waals surface area (Å²) in [6.45, 7) is 4.06. The van der Waals surface area contributed by atoms with E-state index in [0.29, 0.717) is 13.0 Å². The predicted octanol–water partition coefficient (Wildman–Crippen LogP) is 1.08. The Morgan fingerprint density at radius 3 is 2.76 bits per heavy atom. The molecule has 2 unspecified atom stereocenters. The molecule has 2 atom stereocenters. The Morgan fingerprint density at radius 1 is 1.65 bits per heavy atom. The second-order valence-electron chi connectivity index (χ2n) is 4.81. The maximum absolute atomic E-state index is 12.8. The molecular formula is C11H19F2NO3. The Bertz CT molecular complexity index is 282. The summed E-state index contributed by atoms with van der Waals surface area (Å²) in [6, 6.07) is 0. The van der Waals surface area contributed by atoms with Gasteiger partial charge in [-0.3, -0.25) is 0 Å². The number of rotatable bonds is 6. The van der Waals surface area contributed by atoms with Crippen LogP contribution in [0.1, 0.15) is 33.1 Å². The molecular weight excluding hydrogens is 232 g/mol. The lowest BCUT2D eigenvalue weighted by Crippen LogP contribution is -2.40. The fraction of sp³-hybridized carbons (Fsp3) is 0.909. The molecule has 0 saturated carbocycles. The van der Waals surface area contributed by atoms with E-state index in [4.69, 9.17) is 0 Å². The van der Waals surface area contributed by atoms with Gasteiger partial charge in [-0.2, -0.15) is 8.78 Å². The third kappa shape index (κ3) is 4.20. The van der Waals surface area contributed by atoms with Gasteiger partial charge < -0.3 is 15.2 Å². The summed E-state index contributed by atoms with van der Waals surface area (Å²) in [4.78, 5) is 10.7. The summed E-state index contributed by atoms with van der Waals surface area (Å²) in [5.41, 5.74) is -0.861. The highest BCUT2D eigenvalue weighted by Crippen LogP contribution is 2.30. The number of ether oxygens (including phenoxy) is 1. The quantitative estimate of drug-likeness (QED) is 0.693. The van der Waals surface area contributed by atoms with Crippen LogP contribution in [-0.4, -0.2) is 41.8 Å². The molecule has 1 heterocycles. The van der Waals surface area contributed by atoms with Crippen LogP contribution in [0.15, 0.2) is 0 Å². The maximum Gasteiger partial charge on any atom is 0.377 e. The molecule has 0 radical (unpaired) electrons. The van der Waals surface area contributed by atoms with E-state index in [1.165, 1.54) is 0 Å². The van der Waals surface area contributed by atoms with Gasteiger partial charge in [0.25, 0.3) is 0 Å². The first-order valence-corrected chi connectivity index (χ1v) is 5.79. The minimum absolute atomic E-state index is 0.140. The van der Waals surface area contributed by atoms with Crippen molar-refractivity contribution in [2.24, 2.45) is 0 Å². The number of carbonyl (C=O) groups is 1. The van der Waals surface area contributed by atoms with Crippen LogP contribution in [0.4, 0.5) is 8.78 Å². The van der Waals surface area contributed by atoms with Crippen LogP contribution in [0.25, 0.3) is 0 Å². The van der Waals surface area contributed by atoms with Gasteiger partial charge in [0.1, 0.15) is 6.10 Å². The van der Waals surface area contributed by atoms with E-state index in [0.717, 1.165) is 6.42 Å². The molecule has 0 aromatic carbocycles. The Hall–Kier alpha value is -0.750. The van der Waals surface area contributed by atoms with Crippen LogP contribution in [0.5, 0.6) is 0 Å². The van der Waals surface area contributed by atoms with Crippen molar-refractivity contribution in [2.75, 3.05) is 13.1 Å². The third-order valence-electron chi connectivity index (χ3n) is 2.72. The van der Waals surface area contributed by atoms with Crippen molar-refractivity contribution in [1.29, 1.82) is 0 Å². The van der Waals surface area contributed by atoms with E-state index in [-0.39, 0.29) is 6.54 Å². The summed E-state index contributed by atoms with van der Waals surface area (Å²) < 4.78 is 30.2. The highest BCUT2D eigenvalue weighted by Gasteiger charge is 2.50. The first kappa shape index (κ1) is 14.3. The van der Waals surface area contributed by atoms with Crippen molar-refractivity contribution < 1.29 is 23.4 Å². The van der Waals surface area contributed by atoms with Gasteiger partial charge in [-0.1, -0.05) is 13.3 Å². The summed E-state index contributed by atoms with van der Waals surface area (Å²) in [5.74, 6) is -4.82. The number of halogens is 2. The van der Waals surface area contributed by atoms with E-state index in [2.05, 4.69) is 10.1 Å². The lowest BCUT2D eigenvalue weighted by atomic mass is 10.0. The predicted molar refractivity (Wildman–Crippen MR) is 57.8 cm³/mol. The van der Waals surface area contributed by atoms with Crippen LogP contribution in [0, 0.1) is 0 Å². The molecule has 4 nitrogen and oxygen atoms in total. The largest absolute Gasteiger partial charge is 0.456 e. The molecule has 0 aromatic rings. The Kier molecular flexibility index (Phi) is 4.43. The molecule has 0 aliphatic carbocycles. The molecule has 6 heteroatoms. The van der Waals surface area contributed by atoms with E-state index >= 15 is 0 Å². The summed E-state index contributed by atoms with van der Waals surface area (Å²) in [7, 11) is 0. The van der Waals surface area contributed by atoms with Crippen molar-refractivity contribution in [2.45, 2.75) is 50.7 Å². The number of cyclic esters (lactones) is 1. The first-order chi connectivity index (χ1) is 7.77. The van der Waals surface area contributed by atoms with Gasteiger partial charge in [0, 0.05) is 13.1 Å². The van der Waals surface area contributed by atoms with Crippen LogP contribution in [0.3, 0.4) is 0 Å². The molecule has 1 aliphatic heterocycles. The monoisotopic (exact) mass is 251 g/mol. The van der Waals surface area contributed by atoms with Gasteiger partial charge in [0.15, 0.2) is 0 Å². The molecule has 0 spiro atoms. The van der Waals surface area contributed by atoms with Crippen LogP contribution >= 0.6 is 0 Å². The second-order valence-corrected chi connectivity index (χ2v) is 4.81. The van der Waals surface area contributed by atoms with Crippen molar-refractivity contribution in [3.05, 3.63) is 0 Å². The normalized spacial score (nSPS) is 26.6. The second kappa shape index (κ2) is 5.27. The van der Waals surface area contributed by atoms with Gasteiger partial charge in [0.2, 0.25) is 0 Å². The van der Waals surface area contributed by atoms with Gasteiger partial charge >= 0.3 is 11.9 Å².